The van der Waals surface area contributed by atoms with E-state index in [0.717, 1.165) is 24.7 Å². The normalized spacial score (nSPS) is 28.6. The zero-order valence-corrected chi connectivity index (χ0v) is 11.9. The van der Waals surface area contributed by atoms with Crippen molar-refractivity contribution < 1.29 is 21.1 Å². The molecule has 0 amide bonds. The first-order chi connectivity index (χ1) is 6.09. The van der Waals surface area contributed by atoms with Gasteiger partial charge in [-0.3, -0.25) is 0 Å². The minimum atomic E-state index is -0.00648. The Morgan fingerprint density at radius 2 is 1.79 bits per heavy atom. The van der Waals surface area contributed by atoms with E-state index >= 15 is 0 Å². The Bertz CT molecular complexity index is 180. The molecule has 0 spiro atoms. The Kier molecular flexibility index (Phi) is 6.42. The van der Waals surface area contributed by atoms with Gasteiger partial charge in [0.25, 0.3) is 0 Å². The molecule has 0 aromatic heterocycles. The predicted octanol–water partition coefficient (Wildman–Crippen LogP) is 2.57. The zero-order chi connectivity index (χ0) is 9.84. The van der Waals surface area contributed by atoms with Crippen molar-refractivity contribution >= 4 is 5.96 Å². The molecule has 14 heavy (non-hydrogen) atoms. The molecule has 0 aliphatic heterocycles. The average Bonchev–Trinajstić information content (AvgIpc) is 2.04. The van der Waals surface area contributed by atoms with Gasteiger partial charge in [0.05, 0.1) is 0 Å². The second-order valence-electron chi connectivity index (χ2n) is 4.33. The van der Waals surface area contributed by atoms with Gasteiger partial charge >= 0.3 is 0 Å². The molecule has 0 unspecified atom stereocenters. The Labute approximate surface area is 101 Å². The molecule has 0 bridgehead atoms. The van der Waals surface area contributed by atoms with Crippen LogP contribution in [0.3, 0.4) is 0 Å². The third-order valence-corrected chi connectivity index (χ3v) is 3.01. The SMILES string of the molecule is CC(C)C1CCC(N=C([NH-])N)CC1.[W]. The number of guanidine groups is 1. The van der Waals surface area contributed by atoms with Crippen molar-refractivity contribution in [3.8, 4) is 0 Å². The summed E-state index contributed by atoms with van der Waals surface area (Å²) in [5, 5.41) is 0. The molecule has 0 heterocycles. The van der Waals surface area contributed by atoms with Crippen LogP contribution in [0.1, 0.15) is 39.5 Å². The second-order valence-corrected chi connectivity index (χ2v) is 4.33. The summed E-state index contributed by atoms with van der Waals surface area (Å²) in [6.07, 6.45) is 4.73. The van der Waals surface area contributed by atoms with E-state index in [9.17, 15) is 0 Å². The summed E-state index contributed by atoms with van der Waals surface area (Å²) in [5.41, 5.74) is 12.3. The van der Waals surface area contributed by atoms with Crippen LogP contribution >= 0.6 is 0 Å². The molecule has 3 N–H and O–H groups in total. The maximum Gasteiger partial charge on any atom is 0.000254 e. The fourth-order valence-corrected chi connectivity index (χ4v) is 2.09. The van der Waals surface area contributed by atoms with Crippen LogP contribution < -0.4 is 5.73 Å². The van der Waals surface area contributed by atoms with Crippen LogP contribution in [-0.2, 0) is 21.1 Å². The number of hydrogen-bond donors (Lipinski definition) is 1. The van der Waals surface area contributed by atoms with Gasteiger partial charge in [0.1, 0.15) is 0 Å². The van der Waals surface area contributed by atoms with Gasteiger partial charge in [-0.05, 0) is 43.6 Å². The summed E-state index contributed by atoms with van der Waals surface area (Å²) in [7, 11) is 0. The molecular formula is C10H20N3W-. The molecule has 1 fully saturated rings. The Hall–Kier alpha value is -0.0417. The van der Waals surface area contributed by atoms with Crippen molar-refractivity contribution in [1.29, 1.82) is 0 Å². The minimum absolute atomic E-state index is 0. The molecule has 82 valence electrons. The van der Waals surface area contributed by atoms with E-state index in [1.165, 1.54) is 12.8 Å². The van der Waals surface area contributed by atoms with Crippen molar-refractivity contribution in [3.05, 3.63) is 5.73 Å². The molecule has 1 rings (SSSR count). The molecule has 1 aliphatic carbocycles. The van der Waals surface area contributed by atoms with E-state index in [4.69, 9.17) is 11.5 Å². The van der Waals surface area contributed by atoms with Crippen LogP contribution in [0.15, 0.2) is 4.99 Å². The molecule has 0 saturated heterocycles. The summed E-state index contributed by atoms with van der Waals surface area (Å²) in [6, 6.07) is 0.326. The first-order valence-corrected chi connectivity index (χ1v) is 5.14. The number of hydrogen-bond acceptors (Lipinski definition) is 1. The molecule has 0 aromatic rings. The third-order valence-electron chi connectivity index (χ3n) is 3.01. The monoisotopic (exact) mass is 366 g/mol. The van der Waals surface area contributed by atoms with E-state index < -0.39 is 0 Å². The number of aliphatic imine (C=N–C) groups is 1. The first kappa shape index (κ1) is 14.0. The first-order valence-electron chi connectivity index (χ1n) is 5.14. The van der Waals surface area contributed by atoms with E-state index in [0.29, 0.717) is 6.04 Å². The van der Waals surface area contributed by atoms with E-state index in [-0.39, 0.29) is 27.0 Å². The van der Waals surface area contributed by atoms with Crippen LogP contribution in [0.25, 0.3) is 5.73 Å². The summed E-state index contributed by atoms with van der Waals surface area (Å²) in [6.45, 7) is 4.57. The summed E-state index contributed by atoms with van der Waals surface area (Å²) >= 11 is 0. The quantitative estimate of drug-likeness (QED) is 0.593. The van der Waals surface area contributed by atoms with Crippen LogP contribution in [0, 0.1) is 11.8 Å². The maximum atomic E-state index is 7.08. The van der Waals surface area contributed by atoms with Crippen molar-refractivity contribution in [2.75, 3.05) is 0 Å². The third kappa shape index (κ3) is 4.45. The van der Waals surface area contributed by atoms with Crippen molar-refractivity contribution in [1.82, 2.24) is 0 Å². The summed E-state index contributed by atoms with van der Waals surface area (Å²) in [5.74, 6) is 1.64. The predicted molar refractivity (Wildman–Crippen MR) is 56.5 cm³/mol. The summed E-state index contributed by atoms with van der Waals surface area (Å²) < 4.78 is 0. The summed E-state index contributed by atoms with van der Waals surface area (Å²) in [4.78, 5) is 4.09. The fraction of sp³-hybridized carbons (Fsp3) is 0.900. The van der Waals surface area contributed by atoms with Gasteiger partial charge < -0.3 is 16.5 Å². The van der Waals surface area contributed by atoms with Gasteiger partial charge in [-0.25, -0.2) is 0 Å². The minimum Gasteiger partial charge on any atom is -0.454 e. The largest absolute Gasteiger partial charge is 0.454 e. The second kappa shape index (κ2) is 6.44. The number of rotatable bonds is 2. The van der Waals surface area contributed by atoms with Gasteiger partial charge in [0.15, 0.2) is 0 Å². The van der Waals surface area contributed by atoms with Crippen molar-refractivity contribution in [2.24, 2.45) is 22.6 Å². The molecule has 0 aromatic carbocycles. The number of nitrogens with one attached hydrogen (secondary N) is 1. The molecule has 1 saturated carbocycles. The number of nitrogens with two attached hydrogens (primary N) is 1. The van der Waals surface area contributed by atoms with Gasteiger partial charge in [0.2, 0.25) is 0 Å². The topological polar surface area (TPSA) is 62.2 Å². The van der Waals surface area contributed by atoms with Crippen molar-refractivity contribution in [3.63, 3.8) is 0 Å². The van der Waals surface area contributed by atoms with Crippen molar-refractivity contribution in [2.45, 2.75) is 45.6 Å². The molecule has 0 atom stereocenters. The Morgan fingerprint density at radius 3 is 2.14 bits per heavy atom. The molecule has 3 nitrogen and oxygen atoms in total. The van der Waals surface area contributed by atoms with Crippen LogP contribution in [0.5, 0.6) is 0 Å². The van der Waals surface area contributed by atoms with Gasteiger partial charge in [-0.1, -0.05) is 13.8 Å². The Morgan fingerprint density at radius 1 is 1.29 bits per heavy atom. The van der Waals surface area contributed by atoms with Crippen LogP contribution in [-0.4, -0.2) is 12.0 Å². The Balaban J connectivity index is 0.00000169. The molecular weight excluding hydrogens is 346 g/mol. The van der Waals surface area contributed by atoms with E-state index in [1.807, 2.05) is 0 Å². The van der Waals surface area contributed by atoms with Crippen LogP contribution in [0.2, 0.25) is 0 Å². The van der Waals surface area contributed by atoms with E-state index in [2.05, 4.69) is 18.8 Å². The standard InChI is InChI=1S/C10H20N3.W/c1-7(2)8-3-5-9(6-4-8)13-10(11)12;/h7-9H,3-6H2,1-2H3,(H3-,11,12,13);/q-1;. The van der Waals surface area contributed by atoms with Gasteiger partial charge in [-0.15, -0.1) is 0 Å². The molecule has 4 heteroatoms. The van der Waals surface area contributed by atoms with Crippen LogP contribution in [0.4, 0.5) is 0 Å². The van der Waals surface area contributed by atoms with Gasteiger partial charge in [0, 0.05) is 27.0 Å². The zero-order valence-electron chi connectivity index (χ0n) is 8.99. The smallest absolute Gasteiger partial charge is 0.000254 e. The van der Waals surface area contributed by atoms with Gasteiger partial charge in [-0.2, -0.15) is 0 Å². The van der Waals surface area contributed by atoms with E-state index in [1.54, 1.807) is 0 Å². The maximum absolute atomic E-state index is 7.08. The molecule has 0 radical (unpaired) electrons. The average molecular weight is 366 g/mol. The molecule has 1 aliphatic rings. The fourth-order valence-electron chi connectivity index (χ4n) is 2.09. The number of nitrogens with zero attached hydrogens (tertiary/aromatic N) is 1.